The zero-order valence-corrected chi connectivity index (χ0v) is 17.2. The number of morpholine rings is 1. The number of aromatic nitrogens is 1. The van der Waals surface area contributed by atoms with Crippen LogP contribution in [0.4, 0.5) is 0 Å². The first-order valence-corrected chi connectivity index (χ1v) is 10.4. The molecule has 6 heteroatoms. The van der Waals surface area contributed by atoms with Gasteiger partial charge in [-0.15, -0.1) is 0 Å². The maximum absolute atomic E-state index is 13.4. The summed E-state index contributed by atoms with van der Waals surface area (Å²) in [5, 5.41) is 4.12. The van der Waals surface area contributed by atoms with E-state index in [1.807, 2.05) is 65.6 Å². The van der Waals surface area contributed by atoms with Crippen molar-refractivity contribution >= 4 is 5.91 Å². The van der Waals surface area contributed by atoms with Crippen LogP contribution in [0.3, 0.4) is 0 Å². The molecule has 1 atom stereocenters. The summed E-state index contributed by atoms with van der Waals surface area (Å²) in [7, 11) is 0. The maximum Gasteiger partial charge on any atom is 0.293 e. The Hall–Kier alpha value is -2.96. The molecule has 1 unspecified atom stereocenters. The van der Waals surface area contributed by atoms with Crippen LogP contribution in [0.5, 0.6) is 0 Å². The second-order valence-electron chi connectivity index (χ2n) is 7.62. The zero-order chi connectivity index (χ0) is 20.8. The van der Waals surface area contributed by atoms with E-state index in [2.05, 4.69) is 17.0 Å². The van der Waals surface area contributed by atoms with Crippen molar-refractivity contribution in [2.75, 3.05) is 32.8 Å². The topological polar surface area (TPSA) is 58.8 Å². The minimum absolute atomic E-state index is 0.0149. The van der Waals surface area contributed by atoms with E-state index in [1.165, 1.54) is 0 Å². The molecule has 2 aromatic carbocycles. The summed E-state index contributed by atoms with van der Waals surface area (Å²) in [6, 6.07) is 21.5. The molecule has 6 nitrogen and oxygen atoms in total. The first-order valence-electron chi connectivity index (χ1n) is 10.4. The number of ether oxygens (including phenoxy) is 1. The lowest BCUT2D eigenvalue weighted by Crippen LogP contribution is -2.47. The number of carbonyl (C=O) groups is 1. The van der Waals surface area contributed by atoms with Crippen molar-refractivity contribution in [3.05, 3.63) is 78.1 Å². The van der Waals surface area contributed by atoms with E-state index >= 15 is 0 Å². The number of nitrogens with zero attached hydrogens (tertiary/aromatic N) is 3. The van der Waals surface area contributed by atoms with E-state index in [4.69, 9.17) is 9.26 Å². The van der Waals surface area contributed by atoms with Crippen LogP contribution in [0.1, 0.15) is 23.0 Å². The normalized spacial score (nSPS) is 15.6. The lowest BCUT2D eigenvalue weighted by atomic mass is 10.1. The van der Waals surface area contributed by atoms with Crippen LogP contribution < -0.4 is 0 Å². The number of hydrogen-bond donors (Lipinski definition) is 0. The highest BCUT2D eigenvalue weighted by Gasteiger charge is 2.27. The first kappa shape index (κ1) is 20.3. The van der Waals surface area contributed by atoms with Crippen LogP contribution in [-0.4, -0.2) is 59.8 Å². The summed E-state index contributed by atoms with van der Waals surface area (Å²) in [6.07, 6.45) is 0. The number of hydrogen-bond acceptors (Lipinski definition) is 5. The fraction of sp³-hybridized carbons (Fsp3) is 0.333. The molecule has 156 valence electrons. The molecule has 1 aliphatic rings. The minimum Gasteiger partial charge on any atom is -0.379 e. The van der Waals surface area contributed by atoms with E-state index in [0.29, 0.717) is 12.2 Å². The van der Waals surface area contributed by atoms with Gasteiger partial charge in [0, 0.05) is 43.9 Å². The van der Waals surface area contributed by atoms with Crippen molar-refractivity contribution in [2.24, 2.45) is 0 Å². The fourth-order valence-electron chi connectivity index (χ4n) is 3.73. The van der Waals surface area contributed by atoms with Crippen molar-refractivity contribution in [1.29, 1.82) is 0 Å². The monoisotopic (exact) mass is 405 g/mol. The van der Waals surface area contributed by atoms with Crippen molar-refractivity contribution in [3.63, 3.8) is 0 Å². The SMILES string of the molecule is CC(CN1CCOCC1)N(Cc1ccccc1)C(=O)c1cc(-c2ccccc2)no1. The van der Waals surface area contributed by atoms with Gasteiger partial charge in [0.1, 0.15) is 5.69 Å². The molecule has 0 aliphatic carbocycles. The second kappa shape index (κ2) is 9.69. The van der Waals surface area contributed by atoms with E-state index in [1.54, 1.807) is 6.07 Å². The van der Waals surface area contributed by atoms with Crippen LogP contribution in [0, 0.1) is 0 Å². The zero-order valence-electron chi connectivity index (χ0n) is 17.2. The third kappa shape index (κ3) is 4.96. The predicted molar refractivity (Wildman–Crippen MR) is 115 cm³/mol. The molecule has 1 aromatic heterocycles. The number of rotatable bonds is 7. The van der Waals surface area contributed by atoms with Gasteiger partial charge in [-0.1, -0.05) is 65.8 Å². The summed E-state index contributed by atoms with van der Waals surface area (Å²) in [5.74, 6) is 0.118. The van der Waals surface area contributed by atoms with E-state index < -0.39 is 0 Å². The highest BCUT2D eigenvalue weighted by atomic mass is 16.5. The van der Waals surface area contributed by atoms with Gasteiger partial charge in [0.25, 0.3) is 5.91 Å². The average molecular weight is 405 g/mol. The highest BCUT2D eigenvalue weighted by Crippen LogP contribution is 2.21. The maximum atomic E-state index is 13.4. The molecule has 0 spiro atoms. The Morgan fingerprint density at radius 3 is 2.43 bits per heavy atom. The molecular weight excluding hydrogens is 378 g/mol. The molecule has 1 fully saturated rings. The highest BCUT2D eigenvalue weighted by molar-refractivity contribution is 5.92. The molecule has 0 bridgehead atoms. The minimum atomic E-state index is -0.144. The molecule has 3 aromatic rings. The van der Waals surface area contributed by atoms with E-state index in [-0.39, 0.29) is 17.7 Å². The Balaban J connectivity index is 1.54. The quantitative estimate of drug-likeness (QED) is 0.600. The Bertz CT molecular complexity index is 937. The van der Waals surface area contributed by atoms with Crippen molar-refractivity contribution in [1.82, 2.24) is 15.0 Å². The Morgan fingerprint density at radius 1 is 1.07 bits per heavy atom. The average Bonchev–Trinajstić information content (AvgIpc) is 3.29. The molecule has 1 amide bonds. The van der Waals surface area contributed by atoms with Gasteiger partial charge >= 0.3 is 0 Å². The van der Waals surface area contributed by atoms with Gasteiger partial charge in [-0.3, -0.25) is 9.69 Å². The largest absolute Gasteiger partial charge is 0.379 e. The second-order valence-corrected chi connectivity index (χ2v) is 7.62. The lowest BCUT2D eigenvalue weighted by Gasteiger charge is -2.34. The molecule has 0 radical (unpaired) electrons. The summed E-state index contributed by atoms with van der Waals surface area (Å²) in [5.41, 5.74) is 2.68. The van der Waals surface area contributed by atoms with Crippen molar-refractivity contribution in [3.8, 4) is 11.3 Å². The van der Waals surface area contributed by atoms with Crippen LogP contribution >= 0.6 is 0 Å². The summed E-state index contributed by atoms with van der Waals surface area (Å²) >= 11 is 0. The Labute approximate surface area is 177 Å². The van der Waals surface area contributed by atoms with Gasteiger partial charge in [-0.25, -0.2) is 0 Å². The van der Waals surface area contributed by atoms with Crippen LogP contribution in [0.15, 0.2) is 71.3 Å². The van der Waals surface area contributed by atoms with Gasteiger partial charge in [0.2, 0.25) is 5.76 Å². The standard InChI is InChI=1S/C24H27N3O3/c1-19(17-26-12-14-29-15-13-26)27(18-20-8-4-2-5-9-20)24(28)23-16-22(25-30-23)21-10-6-3-7-11-21/h2-11,16,19H,12-15,17-18H2,1H3. The Kier molecular flexibility index (Phi) is 6.57. The molecule has 1 aliphatic heterocycles. The summed E-state index contributed by atoms with van der Waals surface area (Å²) in [6.45, 7) is 6.65. The molecule has 1 saturated heterocycles. The van der Waals surface area contributed by atoms with Crippen molar-refractivity contribution < 1.29 is 14.1 Å². The van der Waals surface area contributed by atoms with Crippen molar-refractivity contribution in [2.45, 2.75) is 19.5 Å². The Morgan fingerprint density at radius 2 is 1.73 bits per heavy atom. The first-order chi connectivity index (χ1) is 14.7. The third-order valence-corrected chi connectivity index (χ3v) is 5.41. The molecule has 0 N–H and O–H groups in total. The molecular formula is C24H27N3O3. The molecule has 0 saturated carbocycles. The van der Waals surface area contributed by atoms with Gasteiger partial charge in [0.05, 0.1) is 13.2 Å². The number of amides is 1. The van der Waals surface area contributed by atoms with Gasteiger partial charge in [0.15, 0.2) is 0 Å². The predicted octanol–water partition coefficient (Wildman–Crippen LogP) is 3.70. The smallest absolute Gasteiger partial charge is 0.293 e. The van der Waals surface area contributed by atoms with E-state index in [9.17, 15) is 4.79 Å². The van der Waals surface area contributed by atoms with Gasteiger partial charge in [-0.05, 0) is 12.5 Å². The van der Waals surface area contributed by atoms with Gasteiger partial charge in [-0.2, -0.15) is 0 Å². The number of carbonyl (C=O) groups excluding carboxylic acids is 1. The van der Waals surface area contributed by atoms with Crippen LogP contribution in [0.2, 0.25) is 0 Å². The summed E-state index contributed by atoms with van der Waals surface area (Å²) < 4.78 is 10.9. The third-order valence-electron chi connectivity index (χ3n) is 5.41. The molecule has 2 heterocycles. The molecule has 4 rings (SSSR count). The number of benzene rings is 2. The fourth-order valence-corrected chi connectivity index (χ4v) is 3.73. The molecule has 30 heavy (non-hydrogen) atoms. The lowest BCUT2D eigenvalue weighted by molar-refractivity contribution is 0.0220. The van der Waals surface area contributed by atoms with Crippen LogP contribution in [0.25, 0.3) is 11.3 Å². The van der Waals surface area contributed by atoms with Crippen LogP contribution in [-0.2, 0) is 11.3 Å². The van der Waals surface area contributed by atoms with Gasteiger partial charge < -0.3 is 14.2 Å². The van der Waals surface area contributed by atoms with E-state index in [0.717, 1.165) is 44.0 Å². The summed E-state index contributed by atoms with van der Waals surface area (Å²) in [4.78, 5) is 17.6.